The predicted octanol–water partition coefficient (Wildman–Crippen LogP) is 4.29. The van der Waals surface area contributed by atoms with E-state index in [2.05, 4.69) is 13.8 Å². The third-order valence-electron chi connectivity index (χ3n) is 3.95. The third-order valence-corrected chi connectivity index (χ3v) is 3.95. The number of rotatable bonds is 6. The third kappa shape index (κ3) is 5.01. The average molecular weight is 212 g/mol. The average Bonchev–Trinajstić information content (AvgIpc) is 2.23. The van der Waals surface area contributed by atoms with Crippen LogP contribution in [0.1, 0.15) is 78.1 Å². The molecule has 0 aromatic rings. The van der Waals surface area contributed by atoms with Gasteiger partial charge in [-0.15, -0.1) is 0 Å². The molecular weight excluding hydrogens is 184 g/mol. The topological polar surface area (TPSA) is 20.2 Å². The molecule has 0 saturated heterocycles. The standard InChI is InChI=1S/C14H28O/c1-3-4-5-6-7-10-14(15)11-8-13(2)9-12-14/h13,15H,3-12H2,1-2H3. The van der Waals surface area contributed by atoms with Gasteiger partial charge in [0.25, 0.3) is 0 Å². The molecule has 0 aromatic carbocycles. The first-order valence-electron chi connectivity index (χ1n) is 6.89. The van der Waals surface area contributed by atoms with Crippen LogP contribution in [-0.4, -0.2) is 10.7 Å². The maximum Gasteiger partial charge on any atom is 0.0648 e. The first-order valence-corrected chi connectivity index (χ1v) is 6.89. The summed E-state index contributed by atoms with van der Waals surface area (Å²) in [5, 5.41) is 10.3. The lowest BCUT2D eigenvalue weighted by Gasteiger charge is -2.35. The van der Waals surface area contributed by atoms with E-state index in [1.807, 2.05) is 0 Å². The summed E-state index contributed by atoms with van der Waals surface area (Å²) in [4.78, 5) is 0. The summed E-state index contributed by atoms with van der Waals surface area (Å²) in [5.41, 5.74) is -0.293. The van der Waals surface area contributed by atoms with Crippen LogP contribution < -0.4 is 0 Å². The van der Waals surface area contributed by atoms with Gasteiger partial charge in [0, 0.05) is 0 Å². The number of unbranched alkanes of at least 4 members (excludes halogenated alkanes) is 4. The molecule has 0 aliphatic heterocycles. The summed E-state index contributed by atoms with van der Waals surface area (Å²) < 4.78 is 0. The van der Waals surface area contributed by atoms with Gasteiger partial charge in [0.05, 0.1) is 5.60 Å². The second kappa shape index (κ2) is 6.52. The Hall–Kier alpha value is -0.0400. The second-order valence-corrected chi connectivity index (χ2v) is 5.57. The summed E-state index contributed by atoms with van der Waals surface area (Å²) in [7, 11) is 0. The lowest BCUT2D eigenvalue weighted by atomic mass is 9.77. The Morgan fingerprint density at radius 1 is 1.07 bits per heavy atom. The smallest absolute Gasteiger partial charge is 0.0648 e. The van der Waals surface area contributed by atoms with Crippen LogP contribution in [0.4, 0.5) is 0 Å². The summed E-state index contributed by atoms with van der Waals surface area (Å²) >= 11 is 0. The van der Waals surface area contributed by atoms with Crippen LogP contribution in [0.5, 0.6) is 0 Å². The predicted molar refractivity (Wildman–Crippen MR) is 66.0 cm³/mol. The summed E-state index contributed by atoms with van der Waals surface area (Å²) in [6.45, 7) is 4.55. The van der Waals surface area contributed by atoms with E-state index in [1.165, 1.54) is 44.9 Å². The first-order chi connectivity index (χ1) is 7.16. The van der Waals surface area contributed by atoms with E-state index < -0.39 is 0 Å². The van der Waals surface area contributed by atoms with E-state index in [-0.39, 0.29) is 5.60 Å². The highest BCUT2D eigenvalue weighted by molar-refractivity contribution is 4.84. The van der Waals surface area contributed by atoms with E-state index in [1.54, 1.807) is 0 Å². The van der Waals surface area contributed by atoms with E-state index in [0.29, 0.717) is 0 Å². The molecule has 0 atom stereocenters. The van der Waals surface area contributed by atoms with Gasteiger partial charge in [0.15, 0.2) is 0 Å². The van der Waals surface area contributed by atoms with Crippen molar-refractivity contribution in [1.29, 1.82) is 0 Å². The molecule has 0 aromatic heterocycles. The fourth-order valence-corrected chi connectivity index (χ4v) is 2.61. The van der Waals surface area contributed by atoms with Crippen LogP contribution in [0.3, 0.4) is 0 Å². The van der Waals surface area contributed by atoms with Gasteiger partial charge in [-0.2, -0.15) is 0 Å². The van der Waals surface area contributed by atoms with Crippen LogP contribution in [0.2, 0.25) is 0 Å². The van der Waals surface area contributed by atoms with Gasteiger partial charge in [0.1, 0.15) is 0 Å². The molecule has 1 N–H and O–H groups in total. The normalized spacial score (nSPS) is 31.8. The number of hydrogen-bond donors (Lipinski definition) is 1. The summed E-state index contributed by atoms with van der Waals surface area (Å²) in [6, 6.07) is 0. The largest absolute Gasteiger partial charge is 0.390 e. The van der Waals surface area contributed by atoms with Gasteiger partial charge in [-0.3, -0.25) is 0 Å². The minimum atomic E-state index is -0.293. The molecule has 0 bridgehead atoms. The van der Waals surface area contributed by atoms with Crippen molar-refractivity contribution in [1.82, 2.24) is 0 Å². The maximum atomic E-state index is 10.3. The molecule has 1 aliphatic rings. The molecular formula is C14H28O. The van der Waals surface area contributed by atoms with Crippen molar-refractivity contribution in [2.75, 3.05) is 0 Å². The van der Waals surface area contributed by atoms with Crippen molar-refractivity contribution >= 4 is 0 Å². The number of hydrogen-bond acceptors (Lipinski definition) is 1. The fourth-order valence-electron chi connectivity index (χ4n) is 2.61. The fraction of sp³-hybridized carbons (Fsp3) is 1.00. The molecule has 0 unspecified atom stereocenters. The quantitative estimate of drug-likeness (QED) is 0.651. The van der Waals surface area contributed by atoms with Crippen LogP contribution in [0.15, 0.2) is 0 Å². The maximum absolute atomic E-state index is 10.3. The molecule has 0 heterocycles. The van der Waals surface area contributed by atoms with Gasteiger partial charge < -0.3 is 5.11 Å². The highest BCUT2D eigenvalue weighted by Crippen LogP contribution is 2.35. The second-order valence-electron chi connectivity index (χ2n) is 5.57. The van der Waals surface area contributed by atoms with Gasteiger partial charge in [-0.1, -0.05) is 46.0 Å². The van der Waals surface area contributed by atoms with Crippen LogP contribution in [0.25, 0.3) is 0 Å². The van der Waals surface area contributed by atoms with Crippen molar-refractivity contribution in [2.45, 2.75) is 83.7 Å². The van der Waals surface area contributed by atoms with E-state index in [4.69, 9.17) is 0 Å². The van der Waals surface area contributed by atoms with Crippen molar-refractivity contribution in [3.63, 3.8) is 0 Å². The Bertz CT molecular complexity index is 157. The molecule has 1 fully saturated rings. The number of aliphatic hydroxyl groups is 1. The molecule has 15 heavy (non-hydrogen) atoms. The van der Waals surface area contributed by atoms with Crippen LogP contribution in [0, 0.1) is 5.92 Å². The molecule has 1 aliphatic carbocycles. The van der Waals surface area contributed by atoms with E-state index in [9.17, 15) is 5.11 Å². The molecule has 1 nitrogen and oxygen atoms in total. The molecule has 0 amide bonds. The van der Waals surface area contributed by atoms with E-state index in [0.717, 1.165) is 25.2 Å². The lowest BCUT2D eigenvalue weighted by molar-refractivity contribution is -0.0164. The molecule has 0 radical (unpaired) electrons. The first kappa shape index (κ1) is 13.0. The summed E-state index contributed by atoms with van der Waals surface area (Å²) in [5.74, 6) is 0.838. The van der Waals surface area contributed by atoms with Crippen LogP contribution >= 0.6 is 0 Å². The highest BCUT2D eigenvalue weighted by Gasteiger charge is 2.30. The monoisotopic (exact) mass is 212 g/mol. The Balaban J connectivity index is 2.08. The Kier molecular flexibility index (Phi) is 5.66. The van der Waals surface area contributed by atoms with Crippen molar-refractivity contribution in [2.24, 2.45) is 5.92 Å². The van der Waals surface area contributed by atoms with Crippen molar-refractivity contribution in [3.8, 4) is 0 Å². The zero-order valence-electron chi connectivity index (χ0n) is 10.6. The molecule has 1 heteroatoms. The molecule has 1 rings (SSSR count). The van der Waals surface area contributed by atoms with Gasteiger partial charge in [-0.05, 0) is 38.0 Å². The molecule has 1 saturated carbocycles. The van der Waals surface area contributed by atoms with Gasteiger partial charge in [-0.25, -0.2) is 0 Å². The molecule has 90 valence electrons. The zero-order chi connectivity index (χ0) is 11.1. The summed E-state index contributed by atoms with van der Waals surface area (Å²) in [6.07, 6.45) is 12.1. The van der Waals surface area contributed by atoms with Gasteiger partial charge in [0.2, 0.25) is 0 Å². The van der Waals surface area contributed by atoms with Crippen molar-refractivity contribution < 1.29 is 5.11 Å². The lowest BCUT2D eigenvalue weighted by Crippen LogP contribution is -2.33. The van der Waals surface area contributed by atoms with Crippen LogP contribution in [-0.2, 0) is 0 Å². The van der Waals surface area contributed by atoms with Crippen molar-refractivity contribution in [3.05, 3.63) is 0 Å². The minimum Gasteiger partial charge on any atom is -0.390 e. The Morgan fingerprint density at radius 3 is 2.27 bits per heavy atom. The SMILES string of the molecule is CCCCCCCC1(O)CCC(C)CC1. The Labute approximate surface area is 95.3 Å². The highest BCUT2D eigenvalue weighted by atomic mass is 16.3. The zero-order valence-corrected chi connectivity index (χ0v) is 10.6. The minimum absolute atomic E-state index is 0.293. The molecule has 0 spiro atoms. The Morgan fingerprint density at radius 2 is 1.67 bits per heavy atom. The van der Waals surface area contributed by atoms with E-state index >= 15 is 0 Å². The van der Waals surface area contributed by atoms with Gasteiger partial charge >= 0.3 is 0 Å².